The molecule has 0 spiro atoms. The van der Waals surface area contributed by atoms with Crippen molar-refractivity contribution in [3.8, 4) is 11.3 Å². The Morgan fingerprint density at radius 1 is 1.15 bits per heavy atom. The van der Waals surface area contributed by atoms with Crippen LogP contribution >= 0.6 is 0 Å². The van der Waals surface area contributed by atoms with Crippen molar-refractivity contribution >= 4 is 38.9 Å². The number of ether oxygens (including phenoxy) is 1. The van der Waals surface area contributed by atoms with Crippen LogP contribution in [0.3, 0.4) is 0 Å². The van der Waals surface area contributed by atoms with Crippen LogP contribution in [0.2, 0.25) is 0 Å². The molecule has 2 N–H and O–H groups in total. The molecule has 12 heteroatoms. The Hall–Kier alpha value is -3.51. The van der Waals surface area contributed by atoms with Gasteiger partial charge in [-0.2, -0.15) is 5.10 Å². The van der Waals surface area contributed by atoms with Crippen LogP contribution < -0.4 is 15.5 Å². The second-order valence-electron chi connectivity index (χ2n) is 7.67. The molecule has 4 rings (SSSR count). The summed E-state index contributed by atoms with van der Waals surface area (Å²) in [6.07, 6.45) is 2.71. The molecule has 3 aromatic rings. The molecule has 4 heterocycles. The highest BCUT2D eigenvalue weighted by atomic mass is 32.2. The number of pyridine rings is 2. The molecule has 3 aromatic heterocycles. The normalized spacial score (nSPS) is 14.2. The number of rotatable bonds is 6. The Morgan fingerprint density at radius 3 is 2.61 bits per heavy atom. The highest BCUT2D eigenvalue weighted by Gasteiger charge is 2.19. The first kappa shape index (κ1) is 22.7. The van der Waals surface area contributed by atoms with Gasteiger partial charge in [0.15, 0.2) is 14.9 Å². The van der Waals surface area contributed by atoms with E-state index >= 15 is 0 Å². The van der Waals surface area contributed by atoms with Gasteiger partial charge in [-0.25, -0.2) is 18.4 Å². The van der Waals surface area contributed by atoms with Crippen LogP contribution in [0.1, 0.15) is 6.92 Å². The van der Waals surface area contributed by atoms with E-state index in [1.807, 2.05) is 13.1 Å². The second-order valence-corrected chi connectivity index (χ2v) is 9.63. The Labute approximate surface area is 191 Å². The number of hydrogen-bond donors (Lipinski definition) is 2. The van der Waals surface area contributed by atoms with E-state index < -0.39 is 9.84 Å². The van der Waals surface area contributed by atoms with Crippen LogP contribution in [0.5, 0.6) is 0 Å². The molecule has 1 aliphatic rings. The smallest absolute Gasteiger partial charge is 0.222 e. The van der Waals surface area contributed by atoms with E-state index in [0.717, 1.165) is 25.2 Å². The quantitative estimate of drug-likeness (QED) is 0.552. The fourth-order valence-corrected chi connectivity index (χ4v) is 4.11. The van der Waals surface area contributed by atoms with Crippen molar-refractivity contribution in [3.63, 3.8) is 0 Å². The number of aryl methyl sites for hydroxylation is 1. The molecule has 1 saturated heterocycles. The highest BCUT2D eigenvalue weighted by Crippen LogP contribution is 2.33. The summed E-state index contributed by atoms with van der Waals surface area (Å²) in [5, 5.41) is 10.4. The molecule has 0 aromatic carbocycles. The summed E-state index contributed by atoms with van der Waals surface area (Å²) in [6.45, 7) is 4.25. The third-order valence-electron chi connectivity index (χ3n) is 5.04. The number of anilines is 4. The molecule has 33 heavy (non-hydrogen) atoms. The van der Waals surface area contributed by atoms with Gasteiger partial charge in [0.2, 0.25) is 5.91 Å². The molecule has 0 atom stereocenters. The van der Waals surface area contributed by atoms with Crippen molar-refractivity contribution in [2.75, 3.05) is 48.1 Å². The number of nitrogens with one attached hydrogen (secondary N) is 2. The minimum atomic E-state index is -3.47. The van der Waals surface area contributed by atoms with E-state index in [1.54, 1.807) is 29.1 Å². The number of carbonyl (C=O) groups excluding carboxylic acids is 1. The van der Waals surface area contributed by atoms with E-state index in [9.17, 15) is 13.2 Å². The fraction of sp³-hybridized carbons (Fsp3) is 0.333. The summed E-state index contributed by atoms with van der Waals surface area (Å²) in [5.74, 6) is 1.37. The highest BCUT2D eigenvalue weighted by molar-refractivity contribution is 7.90. The Balaban J connectivity index is 1.74. The maximum Gasteiger partial charge on any atom is 0.222 e. The lowest BCUT2D eigenvalue weighted by molar-refractivity contribution is -0.114. The van der Waals surface area contributed by atoms with E-state index in [0.29, 0.717) is 41.8 Å². The standard InChI is InChI=1S/C21H25N7O4S/c1-14(29)23-19-11-16(24-18-5-4-6-20(25-18)33(3,30)31)15(13-22-19)17-12-21(27(2)26-17)28-7-9-32-10-8-28/h4-6,11-13H,7-10H2,1-3H3,(H2,22,23,24,25,29). The van der Waals surface area contributed by atoms with Crippen LogP contribution in [0.15, 0.2) is 41.6 Å². The first-order valence-corrected chi connectivity index (χ1v) is 12.2. The Kier molecular flexibility index (Phi) is 6.29. The van der Waals surface area contributed by atoms with Gasteiger partial charge in [-0.3, -0.25) is 9.48 Å². The fourth-order valence-electron chi connectivity index (χ4n) is 3.52. The third kappa shape index (κ3) is 5.29. The summed E-state index contributed by atoms with van der Waals surface area (Å²) in [5.41, 5.74) is 1.91. The summed E-state index contributed by atoms with van der Waals surface area (Å²) in [7, 11) is -1.60. The molecular weight excluding hydrogens is 446 g/mol. The van der Waals surface area contributed by atoms with Crippen LogP contribution in [0.4, 0.5) is 23.1 Å². The van der Waals surface area contributed by atoms with E-state index in [4.69, 9.17) is 4.74 Å². The average Bonchev–Trinajstić information content (AvgIpc) is 3.15. The molecule has 1 aliphatic heterocycles. The lowest BCUT2D eigenvalue weighted by atomic mass is 10.1. The van der Waals surface area contributed by atoms with Gasteiger partial charge in [0.05, 0.1) is 24.6 Å². The van der Waals surface area contributed by atoms with Crippen molar-refractivity contribution in [1.29, 1.82) is 0 Å². The van der Waals surface area contributed by atoms with Gasteiger partial charge in [0, 0.05) is 57.2 Å². The Morgan fingerprint density at radius 2 is 1.91 bits per heavy atom. The van der Waals surface area contributed by atoms with Crippen molar-refractivity contribution in [2.45, 2.75) is 11.9 Å². The zero-order valence-corrected chi connectivity index (χ0v) is 19.4. The predicted molar refractivity (Wildman–Crippen MR) is 124 cm³/mol. The van der Waals surface area contributed by atoms with Gasteiger partial charge in [-0.15, -0.1) is 0 Å². The molecule has 0 saturated carbocycles. The summed E-state index contributed by atoms with van der Waals surface area (Å²) in [4.78, 5) is 22.3. The van der Waals surface area contributed by atoms with Crippen LogP contribution in [0, 0.1) is 0 Å². The van der Waals surface area contributed by atoms with Crippen molar-refractivity contribution in [2.24, 2.45) is 7.05 Å². The molecule has 0 radical (unpaired) electrons. The largest absolute Gasteiger partial charge is 0.378 e. The zero-order chi connectivity index (χ0) is 23.6. The number of sulfone groups is 1. The third-order valence-corrected chi connectivity index (χ3v) is 6.03. The number of carbonyl (C=O) groups is 1. The average molecular weight is 472 g/mol. The summed E-state index contributed by atoms with van der Waals surface area (Å²) in [6, 6.07) is 8.33. The molecule has 0 aliphatic carbocycles. The van der Waals surface area contributed by atoms with E-state index in [2.05, 4.69) is 30.6 Å². The molecule has 0 bridgehead atoms. The van der Waals surface area contributed by atoms with Gasteiger partial charge < -0.3 is 20.3 Å². The molecule has 1 amide bonds. The van der Waals surface area contributed by atoms with Gasteiger partial charge in [0.25, 0.3) is 0 Å². The second kappa shape index (κ2) is 9.16. The molecule has 174 valence electrons. The lowest BCUT2D eigenvalue weighted by Gasteiger charge is -2.28. The maximum absolute atomic E-state index is 11.9. The minimum Gasteiger partial charge on any atom is -0.378 e. The van der Waals surface area contributed by atoms with Crippen molar-refractivity contribution in [3.05, 3.63) is 36.5 Å². The molecule has 11 nitrogen and oxygen atoms in total. The maximum atomic E-state index is 11.9. The van der Waals surface area contributed by atoms with Gasteiger partial charge >= 0.3 is 0 Å². The number of aromatic nitrogens is 4. The minimum absolute atomic E-state index is 0.0439. The SMILES string of the molecule is CC(=O)Nc1cc(Nc2cccc(S(C)(=O)=O)n2)c(-c2cc(N3CCOCC3)n(C)n2)cn1. The number of amides is 1. The molecular formula is C21H25N7O4S. The number of hydrogen-bond acceptors (Lipinski definition) is 9. The van der Waals surface area contributed by atoms with Gasteiger partial charge in [-0.05, 0) is 12.1 Å². The van der Waals surface area contributed by atoms with Crippen molar-refractivity contribution < 1.29 is 17.9 Å². The van der Waals surface area contributed by atoms with E-state index in [-0.39, 0.29) is 10.9 Å². The number of morpholine rings is 1. The molecule has 1 fully saturated rings. The zero-order valence-electron chi connectivity index (χ0n) is 18.6. The van der Waals surface area contributed by atoms with Crippen molar-refractivity contribution in [1.82, 2.24) is 19.7 Å². The van der Waals surface area contributed by atoms with Crippen LogP contribution in [0.25, 0.3) is 11.3 Å². The van der Waals surface area contributed by atoms with Gasteiger partial charge in [0.1, 0.15) is 17.5 Å². The Bertz CT molecular complexity index is 1280. The van der Waals surface area contributed by atoms with Crippen LogP contribution in [-0.4, -0.2) is 66.6 Å². The molecule has 0 unspecified atom stereocenters. The lowest BCUT2D eigenvalue weighted by Crippen LogP contribution is -2.37. The van der Waals surface area contributed by atoms with Gasteiger partial charge in [-0.1, -0.05) is 6.07 Å². The predicted octanol–water partition coefficient (Wildman–Crippen LogP) is 1.82. The number of nitrogens with zero attached hydrogens (tertiary/aromatic N) is 5. The summed E-state index contributed by atoms with van der Waals surface area (Å²) < 4.78 is 31.1. The van der Waals surface area contributed by atoms with E-state index in [1.165, 1.54) is 13.0 Å². The summed E-state index contributed by atoms with van der Waals surface area (Å²) >= 11 is 0. The monoisotopic (exact) mass is 471 g/mol. The first-order valence-electron chi connectivity index (χ1n) is 10.3. The van der Waals surface area contributed by atoms with Crippen LogP contribution in [-0.2, 0) is 26.4 Å². The topological polar surface area (TPSA) is 131 Å². The first-order chi connectivity index (χ1) is 15.7.